The highest BCUT2D eigenvalue weighted by molar-refractivity contribution is 5.95. The van der Waals surface area contributed by atoms with Gasteiger partial charge in [0, 0.05) is 74.8 Å². The van der Waals surface area contributed by atoms with Crippen LogP contribution in [0.3, 0.4) is 0 Å². The summed E-state index contributed by atoms with van der Waals surface area (Å²) in [6.45, 7) is 6.39. The number of carbonyl (C=O) groups is 3. The number of aromatic nitrogens is 2. The van der Waals surface area contributed by atoms with Gasteiger partial charge in [-0.25, -0.2) is 0 Å². The van der Waals surface area contributed by atoms with Crippen molar-refractivity contribution < 1.29 is 34.1 Å². The highest BCUT2D eigenvalue weighted by Crippen LogP contribution is 2.50. The lowest BCUT2D eigenvalue weighted by Crippen LogP contribution is -2.37. The number of carbonyl (C=O) groups excluding carboxylic acids is 3. The number of anilines is 1. The zero-order valence-electron chi connectivity index (χ0n) is 36.4. The van der Waals surface area contributed by atoms with Gasteiger partial charge >= 0.3 is 5.97 Å². The molecule has 11 heteroatoms. The molecule has 8 rings (SSSR count). The van der Waals surface area contributed by atoms with E-state index in [1.807, 2.05) is 29.1 Å². The Balaban J connectivity index is 1.29. The largest absolute Gasteiger partial charge is 0.504 e. The molecule has 2 aliphatic carbocycles. The highest BCUT2D eigenvalue weighted by Gasteiger charge is 2.41. The second-order valence-corrected chi connectivity index (χ2v) is 18.1. The Kier molecular flexibility index (Phi) is 12.3. The van der Waals surface area contributed by atoms with Crippen LogP contribution in [0.2, 0.25) is 0 Å². The van der Waals surface area contributed by atoms with Gasteiger partial charge in [-0.15, -0.1) is 0 Å². The summed E-state index contributed by atoms with van der Waals surface area (Å²) in [5.41, 5.74) is 5.06. The standard InChI is InChI=1S/C51H60N4O7/c1-33-10-5-6-16-50(33)19-13-42(62-35(3)57)25-41(58)26-45(37-22-46(59)49(60)47(23-37)61-4)54-31-36-11-9-12-44(43(36)32-54)55(21-15-34(2)56)48-24-40(14-20-53-48)51(17-7-8-18-51)28-39-30-52-29-38(39)27-50/h5-6,9-12,14,16,22-24,29-33,42,45,52-53,59-60H,7-8,13,15,17-21,25-28H2,1-4H3. The first-order chi connectivity index (χ1) is 29.9. The fourth-order valence-corrected chi connectivity index (χ4v) is 10.6. The lowest BCUT2D eigenvalue weighted by Gasteiger charge is -2.39. The first kappa shape index (κ1) is 42.7. The highest BCUT2D eigenvalue weighted by atomic mass is 16.5. The number of phenols is 2. The number of nitrogens with zero attached hydrogens (tertiary/aromatic N) is 2. The number of Topliss-reactive ketones (excluding diaryl/α,β-unsaturated/α-hetero) is 2. The van der Waals surface area contributed by atoms with E-state index in [0.717, 1.165) is 60.8 Å². The van der Waals surface area contributed by atoms with Gasteiger partial charge in [0.2, 0.25) is 5.75 Å². The second-order valence-electron chi connectivity index (χ2n) is 18.1. The second kappa shape index (κ2) is 17.8. The summed E-state index contributed by atoms with van der Waals surface area (Å²) in [6.07, 6.45) is 28.9. The van der Waals surface area contributed by atoms with Gasteiger partial charge in [0.05, 0.1) is 18.8 Å². The molecule has 4 N–H and O–H groups in total. The maximum Gasteiger partial charge on any atom is 0.302 e. The summed E-state index contributed by atoms with van der Waals surface area (Å²) in [4.78, 5) is 45.5. The van der Waals surface area contributed by atoms with Gasteiger partial charge in [0.15, 0.2) is 11.5 Å². The molecule has 2 aliphatic heterocycles. The van der Waals surface area contributed by atoms with Crippen LogP contribution in [0.5, 0.6) is 17.2 Å². The van der Waals surface area contributed by atoms with E-state index < -0.39 is 18.1 Å². The number of hydrogen-bond donors (Lipinski definition) is 4. The van der Waals surface area contributed by atoms with Crippen LogP contribution in [0.25, 0.3) is 10.8 Å². The molecule has 4 unspecified atom stereocenters. The Hall–Kier alpha value is -5.97. The van der Waals surface area contributed by atoms with Gasteiger partial charge < -0.3 is 39.5 Å². The van der Waals surface area contributed by atoms with Crippen LogP contribution in [-0.2, 0) is 32.0 Å². The van der Waals surface area contributed by atoms with Crippen molar-refractivity contribution in [2.24, 2.45) is 16.7 Å². The van der Waals surface area contributed by atoms with Crippen LogP contribution < -0.4 is 15.0 Å². The fourth-order valence-electron chi connectivity index (χ4n) is 10.6. The summed E-state index contributed by atoms with van der Waals surface area (Å²) in [6, 6.07) is 8.61. The molecule has 1 fully saturated rings. The lowest BCUT2D eigenvalue weighted by molar-refractivity contribution is -0.148. The van der Waals surface area contributed by atoms with Gasteiger partial charge in [0.25, 0.3) is 0 Å². The SMILES string of the molecule is COc1cc(C2CC(=O)CC(OC(C)=O)CCC3(C=CC=CC3C)Cc3c[nH]cc3CC3(CCCC3)C3=CCNC(=C3)N(CCC(C)=O)c3cccc4cn2cc34)cc(O)c1O. The first-order valence-electron chi connectivity index (χ1n) is 22.2. The monoisotopic (exact) mass is 840 g/mol. The third kappa shape index (κ3) is 8.72. The fraction of sp³-hybridized carbons (Fsp3) is 0.431. The quantitative estimate of drug-likeness (QED) is 0.110. The predicted octanol–water partition coefficient (Wildman–Crippen LogP) is 9.30. The van der Waals surface area contributed by atoms with Crippen LogP contribution in [0.1, 0.15) is 101 Å². The number of hydrogen-bond acceptors (Lipinski definition) is 9. The molecule has 4 bridgehead atoms. The molecule has 4 aliphatic rings. The van der Waals surface area contributed by atoms with E-state index >= 15 is 0 Å². The number of rotatable bonds is 6. The Bertz CT molecular complexity index is 2460. The summed E-state index contributed by atoms with van der Waals surface area (Å²) < 4.78 is 13.4. The Morgan fingerprint density at radius 3 is 2.52 bits per heavy atom. The van der Waals surface area contributed by atoms with Crippen molar-refractivity contribution in [2.75, 3.05) is 25.1 Å². The molecular weight excluding hydrogens is 781 g/mol. The minimum atomic E-state index is -0.648. The summed E-state index contributed by atoms with van der Waals surface area (Å²) in [7, 11) is 1.42. The van der Waals surface area contributed by atoms with E-state index in [2.05, 4.69) is 77.0 Å². The number of benzene rings is 2. The number of fused-ring (bicyclic) bond motifs is 4. The number of ketones is 2. The number of nitrogens with one attached hydrogen (secondary N) is 2. The summed E-state index contributed by atoms with van der Waals surface area (Å²) in [5.74, 6) is 0.0138. The van der Waals surface area contributed by atoms with E-state index in [1.54, 1.807) is 13.0 Å². The smallest absolute Gasteiger partial charge is 0.302 e. The third-order valence-corrected chi connectivity index (χ3v) is 14.0. The number of aromatic hydroxyl groups is 2. The van der Waals surface area contributed by atoms with E-state index in [0.29, 0.717) is 37.9 Å². The van der Waals surface area contributed by atoms with Crippen LogP contribution in [-0.4, -0.2) is 63.6 Å². The molecule has 0 saturated heterocycles. The molecule has 1 saturated carbocycles. The lowest BCUT2D eigenvalue weighted by atomic mass is 9.66. The average Bonchev–Trinajstić information content (AvgIpc) is 4.02. The van der Waals surface area contributed by atoms with Crippen molar-refractivity contribution >= 4 is 34.0 Å². The molecule has 4 heterocycles. The molecule has 62 heavy (non-hydrogen) atoms. The van der Waals surface area contributed by atoms with E-state index in [9.17, 15) is 24.6 Å². The Morgan fingerprint density at radius 1 is 0.984 bits per heavy atom. The number of methoxy groups -OCH3 is 1. The predicted molar refractivity (Wildman–Crippen MR) is 241 cm³/mol. The molecule has 2 aromatic carbocycles. The topological polar surface area (TPSA) is 146 Å². The molecular formula is C51H60N4O7. The van der Waals surface area contributed by atoms with Crippen molar-refractivity contribution in [1.82, 2.24) is 14.9 Å². The first-order valence-corrected chi connectivity index (χ1v) is 22.2. The van der Waals surface area contributed by atoms with E-state index in [-0.39, 0.29) is 58.4 Å². The number of esters is 1. The van der Waals surface area contributed by atoms with Crippen molar-refractivity contribution in [1.29, 1.82) is 0 Å². The van der Waals surface area contributed by atoms with Crippen LogP contribution in [0.4, 0.5) is 5.69 Å². The molecule has 2 spiro atoms. The van der Waals surface area contributed by atoms with Crippen LogP contribution in [0, 0.1) is 16.7 Å². The molecule has 4 aromatic rings. The van der Waals surface area contributed by atoms with Gasteiger partial charge in [-0.05, 0) is 109 Å². The van der Waals surface area contributed by atoms with Crippen LogP contribution >= 0.6 is 0 Å². The van der Waals surface area contributed by atoms with Gasteiger partial charge in [-0.3, -0.25) is 14.4 Å². The van der Waals surface area contributed by atoms with Crippen molar-refractivity contribution in [2.45, 2.75) is 104 Å². The normalized spacial score (nSPS) is 24.0. The third-order valence-electron chi connectivity index (χ3n) is 14.0. The zero-order valence-corrected chi connectivity index (χ0v) is 36.4. The Morgan fingerprint density at radius 2 is 1.77 bits per heavy atom. The molecule has 326 valence electrons. The Labute approximate surface area is 364 Å². The van der Waals surface area contributed by atoms with Gasteiger partial charge in [-0.2, -0.15) is 0 Å². The maximum atomic E-state index is 14.5. The number of dihydropyridines is 1. The number of allylic oxidation sites excluding steroid dienone is 6. The number of phenolic OH excluding ortho intramolecular Hbond substituents is 2. The number of ether oxygens (including phenoxy) is 2. The maximum absolute atomic E-state index is 14.5. The van der Waals surface area contributed by atoms with E-state index in [4.69, 9.17) is 9.47 Å². The molecule has 0 radical (unpaired) electrons. The van der Waals surface area contributed by atoms with Crippen molar-refractivity contribution in [3.8, 4) is 17.2 Å². The summed E-state index contributed by atoms with van der Waals surface area (Å²) >= 11 is 0. The molecule has 2 aromatic heterocycles. The average molecular weight is 841 g/mol. The number of H-pyrrole nitrogens is 1. The van der Waals surface area contributed by atoms with Gasteiger partial charge in [-0.1, -0.05) is 62.3 Å². The van der Waals surface area contributed by atoms with Crippen molar-refractivity contribution in [3.05, 3.63) is 120 Å². The minimum absolute atomic E-state index is 0.00927. The molecule has 11 nitrogen and oxygen atoms in total. The van der Waals surface area contributed by atoms with Crippen molar-refractivity contribution in [3.63, 3.8) is 0 Å². The van der Waals surface area contributed by atoms with Gasteiger partial charge in [0.1, 0.15) is 23.5 Å². The zero-order chi connectivity index (χ0) is 43.6. The molecule has 0 amide bonds. The minimum Gasteiger partial charge on any atom is -0.504 e. The number of aromatic amines is 1. The molecule has 4 atom stereocenters. The summed E-state index contributed by atoms with van der Waals surface area (Å²) in [5, 5.41) is 27.1. The van der Waals surface area contributed by atoms with Crippen LogP contribution in [0.15, 0.2) is 103 Å². The van der Waals surface area contributed by atoms with E-state index in [1.165, 1.54) is 36.8 Å².